The van der Waals surface area contributed by atoms with Crippen molar-refractivity contribution in [1.82, 2.24) is 0 Å². The van der Waals surface area contributed by atoms with E-state index in [0.717, 1.165) is 50.6 Å². The molecule has 0 radical (unpaired) electrons. The van der Waals surface area contributed by atoms with E-state index in [1.807, 2.05) is 0 Å². The van der Waals surface area contributed by atoms with Crippen LogP contribution in [0.4, 0.5) is 0 Å². The Kier molecular flexibility index (Phi) is 13.4. The van der Waals surface area contributed by atoms with Gasteiger partial charge in [-0.2, -0.15) is 0 Å². The largest absolute Gasteiger partial charge is 0.504 e. The SMILES string of the molecule is COc1c(C2OC(CC(=O)Oc3cc(O)c(O)c(O)c3)C(O)C(O)C2O)cc2c(c1O)CC(=O)c1cc(C3OC(CC(=O)Oc4cc(O)c(O)c(O)c4)C(O)C(O)C3O)c(OC)c(O)c1OC2=O. The van der Waals surface area contributed by atoms with Crippen molar-refractivity contribution in [3.63, 3.8) is 0 Å². The lowest BCUT2D eigenvalue weighted by Crippen LogP contribution is -2.54. The molecule has 2 fully saturated rings. The van der Waals surface area contributed by atoms with Gasteiger partial charge in [-0.25, -0.2) is 4.79 Å². The van der Waals surface area contributed by atoms with Gasteiger partial charge in [0.25, 0.3) is 0 Å². The fourth-order valence-corrected chi connectivity index (χ4v) is 7.99. The van der Waals surface area contributed by atoms with Crippen LogP contribution in [0.25, 0.3) is 0 Å². The average Bonchev–Trinajstić information content (AvgIpc) is 3.28. The summed E-state index contributed by atoms with van der Waals surface area (Å²) in [6, 6.07) is 5.03. The molecule has 0 spiro atoms. The summed E-state index contributed by atoms with van der Waals surface area (Å²) in [6.07, 6.45) is -21.9. The van der Waals surface area contributed by atoms with E-state index in [-0.39, 0.29) is 0 Å². The lowest BCUT2D eigenvalue weighted by Gasteiger charge is -2.41. The van der Waals surface area contributed by atoms with Crippen molar-refractivity contribution in [1.29, 1.82) is 0 Å². The van der Waals surface area contributed by atoms with Gasteiger partial charge in [-0.3, -0.25) is 14.4 Å². The van der Waals surface area contributed by atoms with Crippen LogP contribution < -0.4 is 23.7 Å². The molecule has 4 aromatic rings. The number of hydrogen-bond donors (Lipinski definition) is 14. The maximum absolute atomic E-state index is 14.2. The molecule has 364 valence electrons. The Balaban J connectivity index is 1.18. The predicted molar refractivity (Wildman–Crippen MR) is 217 cm³/mol. The minimum atomic E-state index is -2.07. The van der Waals surface area contributed by atoms with Crippen LogP contribution in [-0.2, 0) is 25.5 Å². The Bertz CT molecular complexity index is 2450. The minimum Gasteiger partial charge on any atom is -0.504 e. The molecule has 0 saturated carbocycles. The topological polar surface area (TPSA) is 416 Å². The number of ether oxygens (including phenoxy) is 7. The van der Waals surface area contributed by atoms with Crippen molar-refractivity contribution in [2.24, 2.45) is 0 Å². The molecule has 0 aromatic heterocycles. The number of Topliss-reactive ketones (excluding diaryl/α,β-unsaturated/α-hetero) is 1. The number of hydrogen-bond acceptors (Lipinski definition) is 25. The van der Waals surface area contributed by atoms with Crippen molar-refractivity contribution in [3.05, 3.63) is 64.2 Å². The fourth-order valence-electron chi connectivity index (χ4n) is 7.99. The standard InChI is InChI=1S/C43H42O25/c1-62-38-17(41-35(58)33(56)31(54)24(66-41)10-26(49)64-12-3-20(45)29(52)21(46)4-12)7-15-14(28(38)51)9-19(44)16-8-18(39(63-2)37(60)40(16)68-43(15)61)42-36(59)34(57)32(55)25(67-42)11-27(50)65-13-5-22(47)30(53)23(48)6-13/h3-8,24-25,31-36,41-42,45-48,51-60H,9-11H2,1-2H3. The van der Waals surface area contributed by atoms with Gasteiger partial charge in [-0.1, -0.05) is 0 Å². The average molecular weight is 959 g/mol. The Morgan fingerprint density at radius 3 is 1.35 bits per heavy atom. The van der Waals surface area contributed by atoms with E-state index in [0.29, 0.717) is 0 Å². The van der Waals surface area contributed by atoms with Crippen molar-refractivity contribution in [2.75, 3.05) is 14.2 Å². The number of rotatable bonds is 10. The molecule has 10 atom stereocenters. The number of phenols is 8. The molecule has 3 aliphatic heterocycles. The highest BCUT2D eigenvalue weighted by atomic mass is 16.6. The van der Waals surface area contributed by atoms with E-state index in [2.05, 4.69) is 0 Å². The van der Waals surface area contributed by atoms with E-state index in [1.54, 1.807) is 0 Å². The lowest BCUT2D eigenvalue weighted by atomic mass is 9.85. The number of aliphatic hydroxyl groups is 6. The number of carbonyl (C=O) groups excluding carboxylic acids is 4. The van der Waals surface area contributed by atoms with Gasteiger partial charge in [0.15, 0.2) is 51.8 Å². The number of methoxy groups -OCH3 is 2. The second-order valence-corrected chi connectivity index (χ2v) is 15.7. The Hall–Kier alpha value is -7.36. The summed E-state index contributed by atoms with van der Waals surface area (Å²) in [7, 11) is 2.05. The van der Waals surface area contributed by atoms with E-state index >= 15 is 0 Å². The normalized spacial score (nSPS) is 25.8. The zero-order chi connectivity index (χ0) is 49.8. The minimum absolute atomic E-state index is 0.390. The monoisotopic (exact) mass is 958 g/mol. The third-order valence-electron chi connectivity index (χ3n) is 11.4. The third-order valence-corrected chi connectivity index (χ3v) is 11.4. The molecule has 7 rings (SSSR count). The molecule has 3 aliphatic rings. The van der Waals surface area contributed by atoms with E-state index in [4.69, 9.17) is 33.2 Å². The van der Waals surface area contributed by atoms with E-state index in [1.165, 1.54) is 0 Å². The van der Waals surface area contributed by atoms with Crippen molar-refractivity contribution < 1.29 is 124 Å². The summed E-state index contributed by atoms with van der Waals surface area (Å²) in [4.78, 5) is 54.0. The quantitative estimate of drug-likeness (QED) is 0.0533. The number of phenolic OH excluding ortho intramolecular Hbond substituents is 8. The number of fused-ring (bicyclic) bond motifs is 2. The summed E-state index contributed by atoms with van der Waals surface area (Å²) in [5.74, 6) is -14.7. The molecule has 2 saturated heterocycles. The van der Waals surface area contributed by atoms with Gasteiger partial charge in [0, 0.05) is 47.4 Å². The maximum Gasteiger partial charge on any atom is 0.344 e. The van der Waals surface area contributed by atoms with Gasteiger partial charge >= 0.3 is 17.9 Å². The van der Waals surface area contributed by atoms with Gasteiger partial charge in [0.05, 0.1) is 50.4 Å². The molecule has 4 aromatic carbocycles. The van der Waals surface area contributed by atoms with Crippen LogP contribution >= 0.6 is 0 Å². The van der Waals surface area contributed by atoms with Crippen LogP contribution in [0.3, 0.4) is 0 Å². The van der Waals surface area contributed by atoms with Crippen molar-refractivity contribution >= 4 is 23.7 Å². The van der Waals surface area contributed by atoms with Gasteiger partial charge < -0.3 is 105 Å². The number of ketones is 1. The summed E-state index contributed by atoms with van der Waals surface area (Å²) >= 11 is 0. The number of esters is 3. The molecular weight excluding hydrogens is 916 g/mol. The van der Waals surface area contributed by atoms with Gasteiger partial charge in [0.1, 0.15) is 60.3 Å². The first kappa shape index (κ1) is 48.6. The molecule has 0 bridgehead atoms. The Morgan fingerprint density at radius 2 is 0.941 bits per heavy atom. The van der Waals surface area contributed by atoms with E-state index in [9.17, 15) is 90.7 Å². The highest BCUT2D eigenvalue weighted by Gasteiger charge is 2.49. The van der Waals surface area contributed by atoms with Crippen LogP contribution in [0.2, 0.25) is 0 Å². The van der Waals surface area contributed by atoms with Crippen molar-refractivity contribution in [2.45, 2.75) is 80.3 Å². The summed E-state index contributed by atoms with van der Waals surface area (Å²) in [5.41, 5.74) is -2.41. The summed E-state index contributed by atoms with van der Waals surface area (Å²) < 4.78 is 38.0. The Morgan fingerprint density at radius 1 is 0.544 bits per heavy atom. The number of aliphatic hydroxyl groups excluding tert-OH is 6. The fraction of sp³-hybridized carbons (Fsp3) is 0.349. The molecule has 68 heavy (non-hydrogen) atoms. The van der Waals surface area contributed by atoms with Crippen LogP contribution in [-0.4, -0.2) is 158 Å². The molecule has 25 heteroatoms. The van der Waals surface area contributed by atoms with Gasteiger partial charge in [-0.15, -0.1) is 0 Å². The first-order valence-corrected chi connectivity index (χ1v) is 20.0. The summed E-state index contributed by atoms with van der Waals surface area (Å²) in [5, 5.41) is 147. The maximum atomic E-state index is 14.2. The molecule has 0 amide bonds. The van der Waals surface area contributed by atoms with Gasteiger partial charge in [-0.05, 0) is 12.1 Å². The Labute approximate surface area is 380 Å². The second-order valence-electron chi connectivity index (χ2n) is 15.7. The molecule has 14 N–H and O–H groups in total. The predicted octanol–water partition coefficient (Wildman–Crippen LogP) is -0.657. The smallest absolute Gasteiger partial charge is 0.344 e. The van der Waals surface area contributed by atoms with E-state index < -0.39 is 207 Å². The zero-order valence-corrected chi connectivity index (χ0v) is 35.1. The van der Waals surface area contributed by atoms with Crippen LogP contribution in [0.5, 0.6) is 74.7 Å². The third kappa shape index (κ3) is 8.82. The molecule has 25 nitrogen and oxygen atoms in total. The highest BCUT2D eigenvalue weighted by molar-refractivity contribution is 6.07. The molecule has 0 aliphatic carbocycles. The van der Waals surface area contributed by atoms with Crippen molar-refractivity contribution in [3.8, 4) is 74.7 Å². The van der Waals surface area contributed by atoms with Crippen LogP contribution in [0, 0.1) is 0 Å². The first-order chi connectivity index (χ1) is 32.1. The first-order valence-electron chi connectivity index (χ1n) is 20.0. The van der Waals surface area contributed by atoms with Gasteiger partial charge in [0.2, 0.25) is 17.2 Å². The molecule has 10 unspecified atom stereocenters. The van der Waals surface area contributed by atoms with Crippen LogP contribution in [0.15, 0.2) is 36.4 Å². The highest BCUT2D eigenvalue weighted by Crippen LogP contribution is 2.51. The number of aromatic hydroxyl groups is 8. The second kappa shape index (κ2) is 18.7. The zero-order valence-electron chi connectivity index (χ0n) is 35.1. The summed E-state index contributed by atoms with van der Waals surface area (Å²) in [6.45, 7) is 0. The molecular formula is C43H42O25. The molecule has 3 heterocycles. The lowest BCUT2D eigenvalue weighted by molar-refractivity contribution is -0.227. The number of benzene rings is 4. The van der Waals surface area contributed by atoms with Crippen LogP contribution in [0.1, 0.15) is 62.5 Å². The number of carbonyl (C=O) groups is 4.